The average Bonchev–Trinajstić information content (AvgIpc) is 3.24. The summed E-state index contributed by atoms with van der Waals surface area (Å²) in [7, 11) is 0. The van der Waals surface area contributed by atoms with Crippen molar-refractivity contribution in [3.8, 4) is 0 Å². The van der Waals surface area contributed by atoms with Gasteiger partial charge in [0.15, 0.2) is 0 Å². The van der Waals surface area contributed by atoms with Gasteiger partial charge in [-0.3, -0.25) is 14.3 Å². The Hall–Kier alpha value is -2.65. The maximum absolute atomic E-state index is 13.1. The smallest absolute Gasteiger partial charge is 0.341 e. The summed E-state index contributed by atoms with van der Waals surface area (Å²) in [6.07, 6.45) is -1.31. The van der Waals surface area contributed by atoms with Gasteiger partial charge in [-0.05, 0) is 36.3 Å². The minimum Gasteiger partial charge on any atom is -0.341 e. The van der Waals surface area contributed by atoms with E-state index in [0.717, 1.165) is 18.7 Å². The summed E-state index contributed by atoms with van der Waals surface area (Å²) in [6, 6.07) is 1.59. The largest absolute Gasteiger partial charge is 0.433 e. The van der Waals surface area contributed by atoms with Crippen molar-refractivity contribution in [3.63, 3.8) is 0 Å². The molecule has 1 fully saturated rings. The minimum atomic E-state index is -4.51. The number of rotatable bonds is 3. The molecule has 2 aromatic rings. The van der Waals surface area contributed by atoms with Crippen molar-refractivity contribution in [2.24, 2.45) is 11.8 Å². The zero-order chi connectivity index (χ0) is 21.6. The number of alkyl halides is 3. The fourth-order valence-electron chi connectivity index (χ4n) is 4.32. The second-order valence-corrected chi connectivity index (χ2v) is 8.51. The van der Waals surface area contributed by atoms with E-state index in [-0.39, 0.29) is 18.4 Å². The molecule has 1 amide bonds. The van der Waals surface area contributed by atoms with Crippen LogP contribution >= 0.6 is 0 Å². The summed E-state index contributed by atoms with van der Waals surface area (Å²) >= 11 is 0. The third kappa shape index (κ3) is 3.87. The molecule has 0 N–H and O–H groups in total. The van der Waals surface area contributed by atoms with E-state index in [4.69, 9.17) is 0 Å². The third-order valence-electron chi connectivity index (χ3n) is 5.88. The van der Waals surface area contributed by atoms with E-state index in [0.29, 0.717) is 43.2 Å². The summed E-state index contributed by atoms with van der Waals surface area (Å²) in [4.78, 5) is 31.4. The molecule has 2 unspecified atom stereocenters. The third-order valence-corrected chi connectivity index (χ3v) is 5.88. The monoisotopic (exact) mass is 423 g/mol. The molecule has 0 spiro atoms. The van der Waals surface area contributed by atoms with E-state index in [2.05, 4.69) is 17.0 Å². The molecule has 1 saturated heterocycles. The number of nitrogens with zero attached hydrogens (tertiary/aromatic N) is 5. The Kier molecular flexibility index (Phi) is 5.19. The first-order valence-electron chi connectivity index (χ1n) is 10.1. The lowest BCUT2D eigenvalue weighted by atomic mass is 9.93. The molecule has 162 valence electrons. The normalized spacial score (nSPS) is 24.2. The quantitative estimate of drug-likeness (QED) is 0.761. The van der Waals surface area contributed by atoms with Crippen LogP contribution in [0.3, 0.4) is 0 Å². The van der Waals surface area contributed by atoms with Gasteiger partial charge in [0, 0.05) is 25.7 Å². The molecule has 0 radical (unpaired) electrons. The molecule has 10 heteroatoms. The zero-order valence-electron chi connectivity index (χ0n) is 16.9. The van der Waals surface area contributed by atoms with Crippen molar-refractivity contribution in [2.45, 2.75) is 51.9 Å². The molecule has 7 nitrogen and oxygen atoms in total. The molecule has 2 aliphatic rings. The van der Waals surface area contributed by atoms with Gasteiger partial charge in [0.2, 0.25) is 5.91 Å². The minimum absolute atomic E-state index is 0.0000102. The van der Waals surface area contributed by atoms with Crippen molar-refractivity contribution in [3.05, 3.63) is 45.9 Å². The van der Waals surface area contributed by atoms with E-state index in [1.807, 2.05) is 11.8 Å². The van der Waals surface area contributed by atoms with Gasteiger partial charge in [0.05, 0.1) is 6.54 Å². The van der Waals surface area contributed by atoms with E-state index in [1.54, 1.807) is 0 Å². The number of fused-ring (bicyclic) bond motifs is 1. The van der Waals surface area contributed by atoms with Gasteiger partial charge in [-0.15, -0.1) is 0 Å². The lowest BCUT2D eigenvalue weighted by molar-refractivity contribution is -0.141. The highest BCUT2D eigenvalue weighted by molar-refractivity contribution is 5.81. The molecule has 0 aliphatic carbocycles. The van der Waals surface area contributed by atoms with E-state index < -0.39 is 23.6 Å². The SMILES string of the molecule is CC1Cc2nn(Cc3ccc(C(F)(F)F)nc3)c(=O)n2C(C(=O)N2CC[C@H](C)C2)C1. The molecular formula is C20H24F3N5O2. The van der Waals surface area contributed by atoms with Crippen LogP contribution in [0, 0.1) is 11.8 Å². The van der Waals surface area contributed by atoms with Crippen LogP contribution < -0.4 is 5.69 Å². The fourth-order valence-corrected chi connectivity index (χ4v) is 4.32. The maximum Gasteiger partial charge on any atom is 0.433 e. The van der Waals surface area contributed by atoms with Crippen molar-refractivity contribution in [2.75, 3.05) is 13.1 Å². The van der Waals surface area contributed by atoms with E-state index in [1.165, 1.54) is 15.3 Å². The van der Waals surface area contributed by atoms with Gasteiger partial charge in [-0.1, -0.05) is 19.9 Å². The Labute approximate surface area is 171 Å². The van der Waals surface area contributed by atoms with Gasteiger partial charge in [0.25, 0.3) is 0 Å². The zero-order valence-corrected chi connectivity index (χ0v) is 16.9. The number of halogens is 3. The van der Waals surface area contributed by atoms with Crippen LogP contribution in [0.4, 0.5) is 13.2 Å². The highest BCUT2D eigenvalue weighted by Gasteiger charge is 2.37. The summed E-state index contributed by atoms with van der Waals surface area (Å²) in [5, 5.41) is 4.39. The number of likely N-dealkylation sites (tertiary alicyclic amines) is 1. The second-order valence-electron chi connectivity index (χ2n) is 8.51. The number of carbonyl (C=O) groups excluding carboxylic acids is 1. The van der Waals surface area contributed by atoms with Crippen molar-refractivity contribution in [1.82, 2.24) is 24.2 Å². The topological polar surface area (TPSA) is 73.0 Å². The standard InChI is InChI=1S/C20H24F3N5O2/c1-12-5-6-26(10-12)18(29)15-7-13(2)8-17-25-27(19(30)28(15)17)11-14-3-4-16(24-9-14)20(21,22)23/h3-4,9,12-13,15H,5-8,10-11H2,1-2H3/t12-,13?,15?/m0/s1. The number of pyridine rings is 1. The predicted octanol–water partition coefficient (Wildman–Crippen LogP) is 2.50. The average molecular weight is 423 g/mol. The predicted molar refractivity (Wildman–Crippen MR) is 102 cm³/mol. The van der Waals surface area contributed by atoms with E-state index >= 15 is 0 Å². The fraction of sp³-hybridized carbons (Fsp3) is 0.600. The van der Waals surface area contributed by atoms with Gasteiger partial charge in [-0.2, -0.15) is 18.3 Å². The van der Waals surface area contributed by atoms with Crippen LogP contribution in [-0.2, 0) is 23.9 Å². The first-order chi connectivity index (χ1) is 14.1. The number of hydrogen-bond donors (Lipinski definition) is 0. The summed E-state index contributed by atoms with van der Waals surface area (Å²) in [5.41, 5.74) is -0.964. The molecular weight excluding hydrogens is 399 g/mol. The Bertz CT molecular complexity index is 995. The molecule has 2 aliphatic heterocycles. The molecule has 0 saturated carbocycles. The van der Waals surface area contributed by atoms with Gasteiger partial charge in [0.1, 0.15) is 17.6 Å². The van der Waals surface area contributed by atoms with Gasteiger partial charge < -0.3 is 4.90 Å². The highest BCUT2D eigenvalue weighted by atomic mass is 19.4. The summed E-state index contributed by atoms with van der Waals surface area (Å²) < 4.78 is 40.8. The van der Waals surface area contributed by atoms with Crippen LogP contribution in [0.1, 0.15) is 49.8 Å². The van der Waals surface area contributed by atoms with Crippen LogP contribution in [0.5, 0.6) is 0 Å². The van der Waals surface area contributed by atoms with E-state index in [9.17, 15) is 22.8 Å². The number of aromatic nitrogens is 4. The molecule has 4 heterocycles. The first-order valence-corrected chi connectivity index (χ1v) is 10.1. The molecule has 2 aromatic heterocycles. The molecule has 3 atom stereocenters. The van der Waals surface area contributed by atoms with Crippen LogP contribution in [0.2, 0.25) is 0 Å². The number of hydrogen-bond acceptors (Lipinski definition) is 4. The maximum atomic E-state index is 13.1. The van der Waals surface area contributed by atoms with Crippen LogP contribution in [0.25, 0.3) is 0 Å². The Morgan fingerprint density at radius 3 is 2.60 bits per heavy atom. The summed E-state index contributed by atoms with van der Waals surface area (Å²) in [5.74, 6) is 1.14. The lowest BCUT2D eigenvalue weighted by Gasteiger charge is -2.30. The summed E-state index contributed by atoms with van der Waals surface area (Å²) in [6.45, 7) is 5.52. The Morgan fingerprint density at radius 1 is 1.23 bits per heavy atom. The second kappa shape index (κ2) is 7.55. The molecule has 30 heavy (non-hydrogen) atoms. The Morgan fingerprint density at radius 2 is 2.00 bits per heavy atom. The number of carbonyl (C=O) groups is 1. The molecule has 4 rings (SSSR count). The van der Waals surface area contributed by atoms with Crippen LogP contribution in [-0.4, -0.2) is 43.2 Å². The highest BCUT2D eigenvalue weighted by Crippen LogP contribution is 2.30. The molecule has 0 aromatic carbocycles. The number of amides is 1. The van der Waals surface area contributed by atoms with Crippen molar-refractivity contribution >= 4 is 5.91 Å². The van der Waals surface area contributed by atoms with Crippen molar-refractivity contribution in [1.29, 1.82) is 0 Å². The Balaban J connectivity index is 1.61. The lowest BCUT2D eigenvalue weighted by Crippen LogP contribution is -2.43. The molecule has 0 bridgehead atoms. The van der Waals surface area contributed by atoms with Crippen LogP contribution in [0.15, 0.2) is 23.1 Å². The first kappa shape index (κ1) is 20.6. The van der Waals surface area contributed by atoms with Gasteiger partial charge in [-0.25, -0.2) is 9.48 Å². The van der Waals surface area contributed by atoms with Gasteiger partial charge >= 0.3 is 11.9 Å². The van der Waals surface area contributed by atoms with Crippen molar-refractivity contribution < 1.29 is 18.0 Å².